The van der Waals surface area contributed by atoms with Gasteiger partial charge in [0.1, 0.15) is 5.75 Å². The number of methoxy groups -OCH3 is 1. The Hall–Kier alpha value is -3.31. The predicted octanol–water partition coefficient (Wildman–Crippen LogP) is 4.45. The van der Waals surface area contributed by atoms with Crippen LogP contribution in [-0.4, -0.2) is 39.3 Å². The number of rotatable bonds is 5. The number of ether oxygens (including phenoxy) is 2. The van der Waals surface area contributed by atoms with Crippen LogP contribution in [0.5, 0.6) is 5.75 Å². The van der Waals surface area contributed by atoms with Crippen molar-refractivity contribution in [1.29, 1.82) is 0 Å². The van der Waals surface area contributed by atoms with Crippen LogP contribution in [0.3, 0.4) is 0 Å². The Kier molecular flexibility index (Phi) is 5.77. The second-order valence-electron chi connectivity index (χ2n) is 6.88. The van der Waals surface area contributed by atoms with Crippen LogP contribution in [0.25, 0.3) is 11.1 Å². The molecule has 5 heteroatoms. The number of benzene rings is 3. The molecule has 0 bridgehead atoms. The highest BCUT2D eigenvalue weighted by atomic mass is 16.5. The zero-order valence-electron chi connectivity index (χ0n) is 16.4. The third kappa shape index (κ3) is 4.41. The second-order valence-corrected chi connectivity index (χ2v) is 6.88. The van der Waals surface area contributed by atoms with Gasteiger partial charge >= 0.3 is 0 Å². The molecule has 1 N–H and O–H groups in total. The van der Waals surface area contributed by atoms with Crippen molar-refractivity contribution in [3.8, 4) is 16.9 Å². The molecule has 5 nitrogen and oxygen atoms in total. The molecule has 1 aliphatic heterocycles. The smallest absolute Gasteiger partial charge is 0.255 e. The van der Waals surface area contributed by atoms with E-state index in [0.717, 1.165) is 54.6 Å². The molecule has 0 aliphatic carbocycles. The Balaban J connectivity index is 1.56. The zero-order chi connectivity index (χ0) is 20.1. The van der Waals surface area contributed by atoms with E-state index in [4.69, 9.17) is 9.47 Å². The molecular weight excluding hydrogens is 364 g/mol. The predicted molar refractivity (Wildman–Crippen MR) is 116 cm³/mol. The van der Waals surface area contributed by atoms with E-state index in [1.165, 1.54) is 0 Å². The maximum Gasteiger partial charge on any atom is 0.255 e. The van der Waals surface area contributed by atoms with E-state index < -0.39 is 0 Å². The maximum absolute atomic E-state index is 12.9. The third-order valence-corrected chi connectivity index (χ3v) is 5.03. The van der Waals surface area contributed by atoms with Crippen LogP contribution >= 0.6 is 0 Å². The molecular formula is C24H24N2O3. The van der Waals surface area contributed by atoms with Gasteiger partial charge in [0.15, 0.2) is 0 Å². The number of hydrogen-bond acceptors (Lipinski definition) is 4. The minimum absolute atomic E-state index is 0.149. The fourth-order valence-corrected chi connectivity index (χ4v) is 3.50. The molecule has 0 radical (unpaired) electrons. The van der Waals surface area contributed by atoms with Crippen molar-refractivity contribution in [1.82, 2.24) is 0 Å². The number of morpholine rings is 1. The van der Waals surface area contributed by atoms with Gasteiger partial charge in [-0.1, -0.05) is 36.4 Å². The van der Waals surface area contributed by atoms with Gasteiger partial charge in [-0.05, 0) is 42.0 Å². The van der Waals surface area contributed by atoms with Gasteiger partial charge in [0.25, 0.3) is 5.91 Å². The second kappa shape index (κ2) is 8.80. The van der Waals surface area contributed by atoms with E-state index in [2.05, 4.69) is 16.3 Å². The van der Waals surface area contributed by atoms with Gasteiger partial charge in [0.05, 0.1) is 20.3 Å². The summed E-state index contributed by atoms with van der Waals surface area (Å²) in [6.07, 6.45) is 0. The molecule has 0 saturated carbocycles. The molecule has 1 fully saturated rings. The van der Waals surface area contributed by atoms with Gasteiger partial charge in [-0.2, -0.15) is 0 Å². The summed E-state index contributed by atoms with van der Waals surface area (Å²) < 4.78 is 10.9. The number of carbonyl (C=O) groups excluding carboxylic acids is 1. The summed E-state index contributed by atoms with van der Waals surface area (Å²) in [6, 6.07) is 23.3. The average Bonchev–Trinajstić information content (AvgIpc) is 2.80. The van der Waals surface area contributed by atoms with Gasteiger partial charge in [-0.15, -0.1) is 0 Å². The van der Waals surface area contributed by atoms with Gasteiger partial charge in [-0.3, -0.25) is 4.79 Å². The van der Waals surface area contributed by atoms with Gasteiger partial charge in [0, 0.05) is 35.6 Å². The Morgan fingerprint density at radius 2 is 1.76 bits per heavy atom. The Bertz CT molecular complexity index is 982. The molecule has 1 aliphatic rings. The summed E-state index contributed by atoms with van der Waals surface area (Å²) in [5.41, 5.74) is 4.35. The first kappa shape index (κ1) is 19.0. The van der Waals surface area contributed by atoms with Crippen LogP contribution in [0.1, 0.15) is 10.4 Å². The van der Waals surface area contributed by atoms with E-state index in [0.29, 0.717) is 5.56 Å². The largest absolute Gasteiger partial charge is 0.496 e. The topological polar surface area (TPSA) is 50.8 Å². The van der Waals surface area contributed by atoms with Crippen LogP contribution in [0.4, 0.5) is 11.4 Å². The van der Waals surface area contributed by atoms with Crippen molar-refractivity contribution in [3.63, 3.8) is 0 Å². The van der Waals surface area contributed by atoms with E-state index in [1.54, 1.807) is 13.2 Å². The molecule has 29 heavy (non-hydrogen) atoms. The molecule has 4 rings (SSSR count). The normalized spacial score (nSPS) is 13.8. The maximum atomic E-state index is 12.9. The summed E-state index contributed by atoms with van der Waals surface area (Å²) in [7, 11) is 1.64. The molecule has 0 aromatic heterocycles. The molecule has 148 valence electrons. The summed E-state index contributed by atoms with van der Waals surface area (Å²) in [4.78, 5) is 15.2. The lowest BCUT2D eigenvalue weighted by Crippen LogP contribution is -2.36. The van der Waals surface area contributed by atoms with Crippen molar-refractivity contribution >= 4 is 17.3 Å². The van der Waals surface area contributed by atoms with E-state index in [1.807, 2.05) is 60.7 Å². The SMILES string of the molecule is COc1ccc(C(=O)Nc2cccc(N3CCOCC3)c2)cc1-c1ccccc1. The van der Waals surface area contributed by atoms with Crippen LogP contribution in [0.15, 0.2) is 72.8 Å². The van der Waals surface area contributed by atoms with Crippen molar-refractivity contribution in [3.05, 3.63) is 78.4 Å². The molecule has 0 unspecified atom stereocenters. The highest BCUT2D eigenvalue weighted by molar-refractivity contribution is 6.05. The Morgan fingerprint density at radius 3 is 2.52 bits per heavy atom. The van der Waals surface area contributed by atoms with Crippen molar-refractivity contribution in [2.75, 3.05) is 43.6 Å². The lowest BCUT2D eigenvalue weighted by Gasteiger charge is -2.29. The lowest BCUT2D eigenvalue weighted by molar-refractivity contribution is 0.102. The monoisotopic (exact) mass is 388 g/mol. The molecule has 1 heterocycles. The number of nitrogens with zero attached hydrogens (tertiary/aromatic N) is 1. The molecule has 3 aromatic rings. The zero-order valence-corrected chi connectivity index (χ0v) is 16.4. The van der Waals surface area contributed by atoms with Crippen LogP contribution in [-0.2, 0) is 4.74 Å². The summed E-state index contributed by atoms with van der Waals surface area (Å²) in [5, 5.41) is 3.02. The van der Waals surface area contributed by atoms with Gasteiger partial charge in [0.2, 0.25) is 0 Å². The molecule has 0 atom stereocenters. The Morgan fingerprint density at radius 1 is 0.966 bits per heavy atom. The van der Waals surface area contributed by atoms with Crippen molar-refractivity contribution in [2.45, 2.75) is 0 Å². The van der Waals surface area contributed by atoms with Gasteiger partial charge in [-0.25, -0.2) is 0 Å². The highest BCUT2D eigenvalue weighted by Crippen LogP contribution is 2.31. The minimum atomic E-state index is -0.149. The first-order valence-electron chi connectivity index (χ1n) is 9.72. The summed E-state index contributed by atoms with van der Waals surface area (Å²) >= 11 is 0. The molecule has 1 amide bonds. The molecule has 1 saturated heterocycles. The number of amides is 1. The third-order valence-electron chi connectivity index (χ3n) is 5.03. The summed E-state index contributed by atoms with van der Waals surface area (Å²) in [5.74, 6) is 0.589. The van der Waals surface area contributed by atoms with Crippen molar-refractivity contribution < 1.29 is 14.3 Å². The standard InChI is InChI=1S/C24H24N2O3/c1-28-23-11-10-19(16-22(23)18-6-3-2-4-7-18)24(27)25-20-8-5-9-21(17-20)26-12-14-29-15-13-26/h2-11,16-17H,12-15H2,1H3,(H,25,27). The average molecular weight is 388 g/mol. The number of hydrogen-bond donors (Lipinski definition) is 1. The number of carbonyl (C=O) groups is 1. The summed E-state index contributed by atoms with van der Waals surface area (Å²) in [6.45, 7) is 3.17. The lowest BCUT2D eigenvalue weighted by atomic mass is 10.0. The van der Waals surface area contributed by atoms with Crippen LogP contribution < -0.4 is 15.0 Å². The van der Waals surface area contributed by atoms with E-state index >= 15 is 0 Å². The van der Waals surface area contributed by atoms with Crippen LogP contribution in [0, 0.1) is 0 Å². The first-order chi connectivity index (χ1) is 14.2. The minimum Gasteiger partial charge on any atom is -0.496 e. The quantitative estimate of drug-likeness (QED) is 0.702. The molecule has 3 aromatic carbocycles. The first-order valence-corrected chi connectivity index (χ1v) is 9.72. The number of anilines is 2. The molecule has 0 spiro atoms. The van der Waals surface area contributed by atoms with Crippen molar-refractivity contribution in [2.24, 2.45) is 0 Å². The fourth-order valence-electron chi connectivity index (χ4n) is 3.50. The van der Waals surface area contributed by atoms with E-state index in [9.17, 15) is 4.79 Å². The number of nitrogens with one attached hydrogen (secondary N) is 1. The van der Waals surface area contributed by atoms with Crippen LogP contribution in [0.2, 0.25) is 0 Å². The highest BCUT2D eigenvalue weighted by Gasteiger charge is 2.14. The Labute approximate surface area is 170 Å². The van der Waals surface area contributed by atoms with Gasteiger partial charge < -0.3 is 19.7 Å². The fraction of sp³-hybridized carbons (Fsp3) is 0.208. The van der Waals surface area contributed by atoms with E-state index in [-0.39, 0.29) is 5.91 Å².